The van der Waals surface area contributed by atoms with Gasteiger partial charge in [-0.25, -0.2) is 8.42 Å². The van der Waals surface area contributed by atoms with Crippen molar-refractivity contribution in [2.75, 3.05) is 33.4 Å². The quantitative estimate of drug-likeness (QED) is 0.755. The van der Waals surface area contributed by atoms with Crippen LogP contribution in [0.25, 0.3) is 0 Å². The summed E-state index contributed by atoms with van der Waals surface area (Å²) in [4.78, 5) is 0.258. The van der Waals surface area contributed by atoms with Gasteiger partial charge in [0.05, 0.1) is 17.6 Å². The molecule has 0 amide bonds. The highest BCUT2D eigenvalue weighted by Gasteiger charge is 2.32. The minimum absolute atomic E-state index is 0.0270. The molecule has 1 heterocycles. The van der Waals surface area contributed by atoms with Gasteiger partial charge in [-0.2, -0.15) is 4.31 Å². The number of hydrogen-bond acceptors (Lipinski definition) is 5. The van der Waals surface area contributed by atoms with Crippen LogP contribution in [0, 0.1) is 0 Å². The van der Waals surface area contributed by atoms with E-state index in [0.717, 1.165) is 6.42 Å². The van der Waals surface area contributed by atoms with Gasteiger partial charge in [0.15, 0.2) is 0 Å². The molecular weight excluding hydrogens is 294 g/mol. The van der Waals surface area contributed by atoms with Crippen molar-refractivity contribution in [2.24, 2.45) is 0 Å². The van der Waals surface area contributed by atoms with Crippen LogP contribution < -0.4 is 4.74 Å². The molecule has 1 atom stereocenters. The molecule has 1 unspecified atom stereocenters. The van der Waals surface area contributed by atoms with Gasteiger partial charge in [-0.3, -0.25) is 0 Å². The second kappa shape index (κ2) is 7.22. The molecule has 1 aliphatic rings. The van der Waals surface area contributed by atoms with E-state index < -0.39 is 10.0 Å². The third-order valence-electron chi connectivity index (χ3n) is 3.47. The molecule has 1 aromatic rings. The molecule has 1 fully saturated rings. The molecule has 0 aromatic heterocycles. The zero-order valence-corrected chi connectivity index (χ0v) is 12.9. The Morgan fingerprint density at radius 3 is 2.62 bits per heavy atom. The van der Waals surface area contributed by atoms with Gasteiger partial charge >= 0.3 is 0 Å². The van der Waals surface area contributed by atoms with Crippen molar-refractivity contribution in [3.63, 3.8) is 0 Å². The van der Waals surface area contributed by atoms with Crippen LogP contribution in [-0.4, -0.2) is 57.3 Å². The number of methoxy groups -OCH3 is 1. The summed E-state index contributed by atoms with van der Waals surface area (Å²) in [5, 5.41) is 8.68. The fourth-order valence-electron chi connectivity index (χ4n) is 2.22. The van der Waals surface area contributed by atoms with Crippen molar-refractivity contribution in [3.05, 3.63) is 24.3 Å². The molecule has 0 spiro atoms. The minimum Gasteiger partial charge on any atom is -0.494 e. The molecule has 1 aromatic carbocycles. The smallest absolute Gasteiger partial charge is 0.243 e. The summed E-state index contributed by atoms with van der Waals surface area (Å²) in [6, 6.07) is 6.36. The Kier molecular flexibility index (Phi) is 5.58. The number of hydrogen-bond donors (Lipinski definition) is 1. The van der Waals surface area contributed by atoms with E-state index in [1.807, 2.05) is 0 Å². The molecule has 0 radical (unpaired) electrons. The van der Waals surface area contributed by atoms with Crippen LogP contribution in [0.15, 0.2) is 29.2 Å². The van der Waals surface area contributed by atoms with Gasteiger partial charge in [-0.1, -0.05) is 0 Å². The highest BCUT2D eigenvalue weighted by atomic mass is 32.2. The Morgan fingerprint density at radius 2 is 2.05 bits per heavy atom. The normalized spacial score (nSPS) is 19.8. The fraction of sp³-hybridized carbons (Fsp3) is 0.571. The standard InChI is InChI=1S/C14H21NO5S/c1-19-13-7-8-15(11-13)21(17,18)14-5-3-12(4-6-14)20-10-2-9-16/h3-6,13,16H,2,7-11H2,1H3. The first-order chi connectivity index (χ1) is 10.1. The van der Waals surface area contributed by atoms with E-state index in [0.29, 0.717) is 31.9 Å². The predicted molar refractivity (Wildman–Crippen MR) is 77.8 cm³/mol. The van der Waals surface area contributed by atoms with E-state index in [1.165, 1.54) is 4.31 Å². The van der Waals surface area contributed by atoms with E-state index in [-0.39, 0.29) is 17.6 Å². The molecule has 1 N–H and O–H groups in total. The molecule has 118 valence electrons. The first kappa shape index (κ1) is 16.2. The highest BCUT2D eigenvalue weighted by Crippen LogP contribution is 2.24. The minimum atomic E-state index is -3.47. The number of aliphatic hydroxyl groups excluding tert-OH is 1. The highest BCUT2D eigenvalue weighted by molar-refractivity contribution is 7.89. The SMILES string of the molecule is COC1CCN(S(=O)(=O)c2ccc(OCCCO)cc2)C1. The lowest BCUT2D eigenvalue weighted by molar-refractivity contribution is 0.115. The van der Waals surface area contributed by atoms with Crippen molar-refractivity contribution in [1.29, 1.82) is 0 Å². The van der Waals surface area contributed by atoms with Crippen LogP contribution in [-0.2, 0) is 14.8 Å². The molecule has 1 saturated heterocycles. The number of rotatable bonds is 7. The average molecular weight is 315 g/mol. The summed E-state index contributed by atoms with van der Waals surface area (Å²) in [6.07, 6.45) is 1.24. The molecule has 6 nitrogen and oxygen atoms in total. The van der Waals surface area contributed by atoms with Crippen LogP contribution in [0.3, 0.4) is 0 Å². The Morgan fingerprint density at radius 1 is 1.33 bits per heavy atom. The lowest BCUT2D eigenvalue weighted by Gasteiger charge is -2.16. The maximum absolute atomic E-state index is 12.5. The molecule has 7 heteroatoms. The predicted octanol–water partition coefficient (Wildman–Crippen LogP) is 0.857. The Labute approximate surface area is 125 Å². The number of benzene rings is 1. The maximum atomic E-state index is 12.5. The second-order valence-electron chi connectivity index (χ2n) is 4.91. The van der Waals surface area contributed by atoms with E-state index >= 15 is 0 Å². The van der Waals surface area contributed by atoms with E-state index in [2.05, 4.69) is 0 Å². The molecule has 21 heavy (non-hydrogen) atoms. The van der Waals surface area contributed by atoms with Crippen LogP contribution in [0.2, 0.25) is 0 Å². The van der Waals surface area contributed by atoms with Crippen LogP contribution >= 0.6 is 0 Å². The van der Waals surface area contributed by atoms with E-state index in [4.69, 9.17) is 14.6 Å². The van der Waals surface area contributed by atoms with Crippen LogP contribution in [0.5, 0.6) is 5.75 Å². The van der Waals surface area contributed by atoms with E-state index in [9.17, 15) is 8.42 Å². The number of sulfonamides is 1. The van der Waals surface area contributed by atoms with Crippen molar-refractivity contribution in [3.8, 4) is 5.75 Å². The number of aliphatic hydroxyl groups is 1. The monoisotopic (exact) mass is 315 g/mol. The summed E-state index contributed by atoms with van der Waals surface area (Å²) in [5.74, 6) is 0.596. The fourth-order valence-corrected chi connectivity index (χ4v) is 3.71. The lowest BCUT2D eigenvalue weighted by atomic mass is 10.3. The van der Waals surface area contributed by atoms with Crippen molar-refractivity contribution >= 4 is 10.0 Å². The third-order valence-corrected chi connectivity index (χ3v) is 5.35. The first-order valence-corrected chi connectivity index (χ1v) is 8.38. The summed E-state index contributed by atoms with van der Waals surface area (Å²) < 4.78 is 37.0. The Bertz CT molecular complexity index is 543. The zero-order valence-electron chi connectivity index (χ0n) is 12.1. The maximum Gasteiger partial charge on any atom is 0.243 e. The Balaban J connectivity index is 2.03. The van der Waals surface area contributed by atoms with Gasteiger partial charge < -0.3 is 14.6 Å². The van der Waals surface area contributed by atoms with Crippen molar-refractivity contribution < 1.29 is 23.0 Å². The van der Waals surface area contributed by atoms with Gasteiger partial charge in [-0.15, -0.1) is 0 Å². The second-order valence-corrected chi connectivity index (χ2v) is 6.84. The largest absolute Gasteiger partial charge is 0.494 e. The number of ether oxygens (including phenoxy) is 2. The van der Waals surface area contributed by atoms with Crippen LogP contribution in [0.1, 0.15) is 12.8 Å². The van der Waals surface area contributed by atoms with Gasteiger partial charge in [0.25, 0.3) is 0 Å². The summed E-state index contributed by atoms with van der Waals surface area (Å²) >= 11 is 0. The van der Waals surface area contributed by atoms with Crippen LogP contribution in [0.4, 0.5) is 0 Å². The average Bonchev–Trinajstić information content (AvgIpc) is 2.98. The molecule has 2 rings (SSSR count). The lowest BCUT2D eigenvalue weighted by Crippen LogP contribution is -2.30. The third kappa shape index (κ3) is 3.94. The summed E-state index contributed by atoms with van der Waals surface area (Å²) in [6.45, 7) is 1.36. The van der Waals surface area contributed by atoms with E-state index in [1.54, 1.807) is 31.4 Å². The van der Waals surface area contributed by atoms with Crippen molar-refractivity contribution in [2.45, 2.75) is 23.8 Å². The van der Waals surface area contributed by atoms with Gasteiger partial charge in [-0.05, 0) is 30.7 Å². The van der Waals surface area contributed by atoms with Gasteiger partial charge in [0.2, 0.25) is 10.0 Å². The molecule has 0 saturated carbocycles. The Hall–Kier alpha value is -1.15. The summed E-state index contributed by atoms with van der Waals surface area (Å²) in [5.41, 5.74) is 0. The molecule has 0 aliphatic carbocycles. The van der Waals surface area contributed by atoms with Gasteiger partial charge in [0.1, 0.15) is 5.75 Å². The molecule has 0 bridgehead atoms. The van der Waals surface area contributed by atoms with Gasteiger partial charge in [0, 0.05) is 33.2 Å². The number of nitrogens with zero attached hydrogens (tertiary/aromatic N) is 1. The first-order valence-electron chi connectivity index (χ1n) is 6.94. The summed E-state index contributed by atoms with van der Waals surface area (Å²) in [7, 11) is -1.87. The molecule has 1 aliphatic heterocycles. The topological polar surface area (TPSA) is 76.1 Å². The zero-order chi connectivity index (χ0) is 15.3. The molecular formula is C14H21NO5S. The van der Waals surface area contributed by atoms with Crippen molar-refractivity contribution in [1.82, 2.24) is 4.31 Å².